The van der Waals surface area contributed by atoms with E-state index < -0.39 is 5.97 Å². The third-order valence-electron chi connectivity index (χ3n) is 2.62. The SMILES string of the molecule is N#CCCN(c1ccccc1)c1nc(CC(=O)O)cs1. The van der Waals surface area contributed by atoms with Crippen molar-refractivity contribution in [3.05, 3.63) is 41.4 Å². The average molecular weight is 287 g/mol. The van der Waals surface area contributed by atoms with E-state index >= 15 is 0 Å². The van der Waals surface area contributed by atoms with Gasteiger partial charge in [-0.1, -0.05) is 18.2 Å². The first-order chi connectivity index (χ1) is 9.70. The zero-order valence-electron chi connectivity index (χ0n) is 10.7. The van der Waals surface area contributed by atoms with Gasteiger partial charge >= 0.3 is 5.97 Å². The van der Waals surface area contributed by atoms with E-state index in [2.05, 4.69) is 11.1 Å². The van der Waals surface area contributed by atoms with Gasteiger partial charge in [-0.3, -0.25) is 4.79 Å². The summed E-state index contributed by atoms with van der Waals surface area (Å²) in [5, 5.41) is 20.0. The molecule has 2 aromatic rings. The molecule has 1 N–H and O–H groups in total. The summed E-state index contributed by atoms with van der Waals surface area (Å²) in [6.45, 7) is 0.528. The van der Waals surface area contributed by atoms with Crippen LogP contribution in [-0.4, -0.2) is 22.6 Å². The molecule has 5 nitrogen and oxygen atoms in total. The highest BCUT2D eigenvalue weighted by atomic mass is 32.1. The minimum atomic E-state index is -0.898. The van der Waals surface area contributed by atoms with Gasteiger partial charge in [0.2, 0.25) is 0 Å². The molecule has 2 rings (SSSR count). The monoisotopic (exact) mass is 287 g/mol. The molecule has 6 heteroatoms. The van der Waals surface area contributed by atoms with Crippen LogP contribution in [-0.2, 0) is 11.2 Å². The molecule has 0 saturated heterocycles. The summed E-state index contributed by atoms with van der Waals surface area (Å²) >= 11 is 1.39. The van der Waals surface area contributed by atoms with E-state index in [1.165, 1.54) is 11.3 Å². The van der Waals surface area contributed by atoms with Gasteiger partial charge in [-0.15, -0.1) is 11.3 Å². The maximum absolute atomic E-state index is 10.7. The smallest absolute Gasteiger partial charge is 0.309 e. The Morgan fingerprint density at radius 2 is 2.15 bits per heavy atom. The molecule has 0 aliphatic carbocycles. The molecule has 1 heterocycles. The van der Waals surface area contributed by atoms with Crippen LogP contribution in [0.15, 0.2) is 35.7 Å². The molecule has 20 heavy (non-hydrogen) atoms. The molecular formula is C14H13N3O2S. The molecule has 0 unspecified atom stereocenters. The van der Waals surface area contributed by atoms with Crippen molar-refractivity contribution >= 4 is 28.1 Å². The largest absolute Gasteiger partial charge is 0.481 e. The van der Waals surface area contributed by atoms with E-state index in [-0.39, 0.29) is 6.42 Å². The highest BCUT2D eigenvalue weighted by molar-refractivity contribution is 7.13. The van der Waals surface area contributed by atoms with Gasteiger partial charge in [0, 0.05) is 17.6 Å². The molecule has 0 spiro atoms. The van der Waals surface area contributed by atoms with Crippen molar-refractivity contribution in [3.8, 4) is 6.07 Å². The molecule has 0 amide bonds. The van der Waals surface area contributed by atoms with Gasteiger partial charge in [-0.05, 0) is 12.1 Å². The Kier molecular flexibility index (Phi) is 4.69. The van der Waals surface area contributed by atoms with E-state index in [0.29, 0.717) is 23.8 Å². The molecule has 0 saturated carbocycles. The molecule has 0 bridgehead atoms. The first-order valence-corrected chi connectivity index (χ1v) is 6.94. The molecular weight excluding hydrogens is 274 g/mol. The van der Waals surface area contributed by atoms with Crippen LogP contribution in [0.4, 0.5) is 10.8 Å². The number of para-hydroxylation sites is 1. The number of aromatic nitrogens is 1. The topological polar surface area (TPSA) is 77.2 Å². The third kappa shape index (κ3) is 3.56. The Bertz CT molecular complexity index is 619. The second-order valence-corrected chi connectivity index (χ2v) is 4.92. The van der Waals surface area contributed by atoms with Crippen molar-refractivity contribution in [2.45, 2.75) is 12.8 Å². The maximum Gasteiger partial charge on any atom is 0.309 e. The Balaban J connectivity index is 2.25. The number of aliphatic carboxylic acids is 1. The molecule has 0 radical (unpaired) electrons. The lowest BCUT2D eigenvalue weighted by Gasteiger charge is -2.20. The van der Waals surface area contributed by atoms with Crippen molar-refractivity contribution in [2.24, 2.45) is 0 Å². The minimum Gasteiger partial charge on any atom is -0.481 e. The standard InChI is InChI=1S/C14H13N3O2S/c15-7-4-8-17(12-5-2-1-3-6-12)14-16-11(10-20-14)9-13(18)19/h1-3,5-6,10H,4,8-9H2,(H,18,19). The van der Waals surface area contributed by atoms with Crippen LogP contribution in [0.2, 0.25) is 0 Å². The quantitative estimate of drug-likeness (QED) is 0.884. The highest BCUT2D eigenvalue weighted by Crippen LogP contribution is 2.28. The Morgan fingerprint density at radius 3 is 2.80 bits per heavy atom. The summed E-state index contributed by atoms with van der Waals surface area (Å²) in [5.41, 5.74) is 1.48. The lowest BCUT2D eigenvalue weighted by Crippen LogP contribution is -2.18. The second kappa shape index (κ2) is 6.68. The van der Waals surface area contributed by atoms with Crippen molar-refractivity contribution in [1.29, 1.82) is 5.26 Å². The van der Waals surface area contributed by atoms with E-state index in [4.69, 9.17) is 10.4 Å². The highest BCUT2D eigenvalue weighted by Gasteiger charge is 2.14. The molecule has 0 atom stereocenters. The van der Waals surface area contributed by atoms with Gasteiger partial charge in [0.15, 0.2) is 5.13 Å². The van der Waals surface area contributed by atoms with Gasteiger partial charge in [0.1, 0.15) is 0 Å². The number of hydrogen-bond donors (Lipinski definition) is 1. The van der Waals surface area contributed by atoms with E-state index in [1.54, 1.807) is 5.38 Å². The van der Waals surface area contributed by atoms with Gasteiger partial charge in [0.25, 0.3) is 0 Å². The normalized spacial score (nSPS) is 9.95. The summed E-state index contributed by atoms with van der Waals surface area (Å²) in [5.74, 6) is -0.898. The van der Waals surface area contributed by atoms with Crippen LogP contribution in [0, 0.1) is 11.3 Å². The number of nitriles is 1. The van der Waals surface area contributed by atoms with Crippen LogP contribution >= 0.6 is 11.3 Å². The van der Waals surface area contributed by atoms with Gasteiger partial charge in [-0.2, -0.15) is 5.26 Å². The summed E-state index contributed by atoms with van der Waals surface area (Å²) in [6, 6.07) is 11.8. The summed E-state index contributed by atoms with van der Waals surface area (Å²) in [4.78, 5) is 17.0. The maximum atomic E-state index is 10.7. The molecule has 0 fully saturated rings. The summed E-state index contributed by atoms with van der Waals surface area (Å²) < 4.78 is 0. The zero-order chi connectivity index (χ0) is 14.4. The van der Waals surface area contributed by atoms with Crippen molar-refractivity contribution in [2.75, 3.05) is 11.4 Å². The van der Waals surface area contributed by atoms with Crippen LogP contribution in [0.3, 0.4) is 0 Å². The molecule has 0 aliphatic heterocycles. The first-order valence-electron chi connectivity index (χ1n) is 6.06. The number of rotatable bonds is 6. The molecule has 1 aromatic heterocycles. The van der Waals surface area contributed by atoms with Gasteiger partial charge in [0.05, 0.1) is 24.6 Å². The van der Waals surface area contributed by atoms with Crippen molar-refractivity contribution in [1.82, 2.24) is 4.98 Å². The number of benzene rings is 1. The predicted octanol–water partition coefficient (Wildman–Crippen LogP) is 2.82. The van der Waals surface area contributed by atoms with E-state index in [9.17, 15) is 4.79 Å². The number of nitrogens with zero attached hydrogens (tertiary/aromatic N) is 3. The summed E-state index contributed by atoms with van der Waals surface area (Å²) in [7, 11) is 0. The summed E-state index contributed by atoms with van der Waals surface area (Å²) in [6.07, 6.45) is 0.292. The number of anilines is 2. The van der Waals surface area contributed by atoms with Crippen molar-refractivity contribution < 1.29 is 9.90 Å². The Morgan fingerprint density at radius 1 is 1.40 bits per heavy atom. The number of thiazole rings is 1. The fourth-order valence-electron chi connectivity index (χ4n) is 1.76. The molecule has 1 aromatic carbocycles. The first kappa shape index (κ1) is 14.0. The van der Waals surface area contributed by atoms with Gasteiger partial charge in [-0.25, -0.2) is 4.98 Å². The van der Waals surface area contributed by atoms with Gasteiger partial charge < -0.3 is 10.0 Å². The Labute approximate surface area is 120 Å². The van der Waals surface area contributed by atoms with Crippen LogP contribution in [0.25, 0.3) is 0 Å². The number of carbonyl (C=O) groups is 1. The second-order valence-electron chi connectivity index (χ2n) is 4.09. The van der Waals surface area contributed by atoms with Crippen LogP contribution in [0.1, 0.15) is 12.1 Å². The van der Waals surface area contributed by atoms with Crippen molar-refractivity contribution in [3.63, 3.8) is 0 Å². The van der Waals surface area contributed by atoms with E-state index in [0.717, 1.165) is 5.69 Å². The van der Waals surface area contributed by atoms with E-state index in [1.807, 2.05) is 35.2 Å². The lowest BCUT2D eigenvalue weighted by atomic mass is 10.3. The fraction of sp³-hybridized carbons (Fsp3) is 0.214. The zero-order valence-corrected chi connectivity index (χ0v) is 11.5. The molecule has 102 valence electrons. The number of carboxylic acid groups (broad SMARTS) is 1. The average Bonchev–Trinajstić information content (AvgIpc) is 2.88. The lowest BCUT2D eigenvalue weighted by molar-refractivity contribution is -0.136. The number of hydrogen-bond acceptors (Lipinski definition) is 5. The predicted molar refractivity (Wildman–Crippen MR) is 77.1 cm³/mol. The fourth-order valence-corrected chi connectivity index (χ4v) is 2.63. The third-order valence-corrected chi connectivity index (χ3v) is 3.53. The molecule has 0 aliphatic rings. The Hall–Kier alpha value is -2.39. The number of carboxylic acids is 1. The minimum absolute atomic E-state index is 0.0859. The van der Waals surface area contributed by atoms with Crippen LogP contribution in [0.5, 0.6) is 0 Å². The van der Waals surface area contributed by atoms with Crippen LogP contribution < -0.4 is 4.90 Å².